The van der Waals surface area contributed by atoms with Gasteiger partial charge in [0.15, 0.2) is 11.5 Å². The quantitative estimate of drug-likeness (QED) is 0.491. The van der Waals surface area contributed by atoms with Crippen LogP contribution < -0.4 is 15.2 Å². The second kappa shape index (κ2) is 7.39. The van der Waals surface area contributed by atoms with Crippen molar-refractivity contribution < 1.29 is 9.47 Å². The van der Waals surface area contributed by atoms with E-state index in [4.69, 9.17) is 32.7 Å². The highest BCUT2D eigenvalue weighted by molar-refractivity contribution is 7.80. The Bertz CT molecular complexity index is 533. The maximum absolute atomic E-state index is 8.93. The van der Waals surface area contributed by atoms with Crippen molar-refractivity contribution in [3.05, 3.63) is 29.3 Å². The van der Waals surface area contributed by atoms with Crippen LogP contribution in [0.1, 0.15) is 18.9 Å². The summed E-state index contributed by atoms with van der Waals surface area (Å²) < 4.78 is 10.8. The molecule has 0 bridgehead atoms. The molecule has 0 saturated heterocycles. The van der Waals surface area contributed by atoms with Crippen LogP contribution in [-0.4, -0.2) is 18.7 Å². The van der Waals surface area contributed by atoms with Crippen LogP contribution in [0.4, 0.5) is 0 Å². The van der Waals surface area contributed by atoms with Crippen LogP contribution in [0.15, 0.2) is 23.8 Å². The van der Waals surface area contributed by atoms with Gasteiger partial charge in [0.25, 0.3) is 0 Å². The molecule has 19 heavy (non-hydrogen) atoms. The van der Waals surface area contributed by atoms with E-state index in [9.17, 15) is 0 Å². The summed E-state index contributed by atoms with van der Waals surface area (Å²) in [6.07, 6.45) is 2.53. The Morgan fingerprint density at radius 2 is 2.21 bits per heavy atom. The summed E-state index contributed by atoms with van der Waals surface area (Å²) in [6, 6.07) is 7.36. The molecule has 0 atom stereocenters. The van der Waals surface area contributed by atoms with Crippen molar-refractivity contribution in [2.24, 2.45) is 5.73 Å². The Balaban J connectivity index is 3.11. The predicted molar refractivity (Wildman–Crippen MR) is 79.2 cm³/mol. The summed E-state index contributed by atoms with van der Waals surface area (Å²) in [7, 11) is 1.58. The SMILES string of the molecule is CCCOc1cc(C=C(C#N)C(N)=S)ccc1OC. The average molecular weight is 276 g/mol. The van der Waals surface area contributed by atoms with Crippen LogP contribution in [0.2, 0.25) is 0 Å². The maximum Gasteiger partial charge on any atom is 0.161 e. The highest BCUT2D eigenvalue weighted by Gasteiger charge is 2.06. The second-order valence-corrected chi connectivity index (χ2v) is 4.23. The van der Waals surface area contributed by atoms with E-state index in [1.165, 1.54) is 0 Å². The van der Waals surface area contributed by atoms with E-state index in [1.54, 1.807) is 25.3 Å². The van der Waals surface area contributed by atoms with E-state index < -0.39 is 0 Å². The molecule has 0 saturated carbocycles. The van der Waals surface area contributed by atoms with E-state index in [2.05, 4.69) is 0 Å². The molecule has 1 aromatic carbocycles. The highest BCUT2D eigenvalue weighted by Crippen LogP contribution is 2.29. The normalized spacial score (nSPS) is 10.7. The number of nitrogens with zero attached hydrogens (tertiary/aromatic N) is 1. The first-order valence-corrected chi connectivity index (χ1v) is 6.25. The third kappa shape index (κ3) is 4.27. The number of ether oxygens (including phenoxy) is 2. The van der Waals surface area contributed by atoms with Crippen molar-refractivity contribution in [1.82, 2.24) is 0 Å². The van der Waals surface area contributed by atoms with Gasteiger partial charge in [0.2, 0.25) is 0 Å². The largest absolute Gasteiger partial charge is 0.493 e. The van der Waals surface area contributed by atoms with Crippen molar-refractivity contribution in [2.75, 3.05) is 13.7 Å². The second-order valence-electron chi connectivity index (χ2n) is 3.79. The summed E-state index contributed by atoms with van der Waals surface area (Å²) in [5, 5.41) is 8.93. The number of hydrogen-bond donors (Lipinski definition) is 1. The molecule has 0 amide bonds. The minimum Gasteiger partial charge on any atom is -0.493 e. The number of methoxy groups -OCH3 is 1. The molecule has 0 spiro atoms. The van der Waals surface area contributed by atoms with Gasteiger partial charge < -0.3 is 15.2 Å². The summed E-state index contributed by atoms with van der Waals surface area (Å²) >= 11 is 4.80. The number of rotatable bonds is 6. The summed E-state index contributed by atoms with van der Waals surface area (Å²) in [4.78, 5) is 0.0781. The predicted octanol–water partition coefficient (Wildman–Crippen LogP) is 2.68. The van der Waals surface area contributed by atoms with E-state index in [-0.39, 0.29) is 10.6 Å². The molecular formula is C14H16N2O2S. The minimum absolute atomic E-state index is 0.0781. The first kappa shape index (κ1) is 15.0. The van der Waals surface area contributed by atoms with Crippen LogP contribution in [-0.2, 0) is 0 Å². The van der Waals surface area contributed by atoms with Gasteiger partial charge >= 0.3 is 0 Å². The number of thiocarbonyl (C=S) groups is 1. The fourth-order valence-electron chi connectivity index (χ4n) is 1.43. The van der Waals surface area contributed by atoms with Crippen LogP contribution in [0.3, 0.4) is 0 Å². The van der Waals surface area contributed by atoms with E-state index in [0.29, 0.717) is 18.1 Å². The summed E-state index contributed by atoms with van der Waals surface area (Å²) in [5.41, 5.74) is 6.51. The third-order valence-corrected chi connectivity index (χ3v) is 2.57. The number of hydrogen-bond acceptors (Lipinski definition) is 4. The molecule has 1 aromatic rings. The Morgan fingerprint density at radius 3 is 2.74 bits per heavy atom. The summed E-state index contributed by atoms with van der Waals surface area (Å²) in [6.45, 7) is 2.63. The van der Waals surface area contributed by atoms with Crippen molar-refractivity contribution in [3.8, 4) is 17.6 Å². The topological polar surface area (TPSA) is 68.3 Å². The molecule has 2 N–H and O–H groups in total. The first-order chi connectivity index (χ1) is 9.12. The zero-order valence-corrected chi connectivity index (χ0v) is 11.8. The molecule has 0 radical (unpaired) electrons. The zero-order valence-electron chi connectivity index (χ0n) is 11.0. The minimum atomic E-state index is 0.0781. The van der Waals surface area contributed by atoms with Gasteiger partial charge in [-0.15, -0.1) is 0 Å². The van der Waals surface area contributed by atoms with Gasteiger partial charge in [-0.05, 0) is 30.2 Å². The molecule has 0 aromatic heterocycles. The van der Waals surface area contributed by atoms with E-state index >= 15 is 0 Å². The number of benzene rings is 1. The lowest BCUT2D eigenvalue weighted by atomic mass is 10.1. The molecule has 0 aliphatic heterocycles. The van der Waals surface area contributed by atoms with E-state index in [0.717, 1.165) is 12.0 Å². The molecule has 0 unspecified atom stereocenters. The Kier molecular flexibility index (Phi) is 5.83. The Labute approximate surface area is 118 Å². The number of nitriles is 1. The molecule has 4 nitrogen and oxygen atoms in total. The molecule has 1 rings (SSSR count). The van der Waals surface area contributed by atoms with Gasteiger partial charge in [-0.2, -0.15) is 5.26 Å². The highest BCUT2D eigenvalue weighted by atomic mass is 32.1. The standard InChI is InChI=1S/C14H16N2O2S/c1-3-6-18-13-8-10(4-5-12(13)17-2)7-11(9-15)14(16)19/h4-5,7-8H,3,6H2,1-2H3,(H2,16,19). The molecular weight excluding hydrogens is 260 g/mol. The molecule has 0 fully saturated rings. The van der Waals surface area contributed by atoms with Gasteiger partial charge in [0.05, 0.1) is 19.3 Å². The van der Waals surface area contributed by atoms with Crippen molar-refractivity contribution >= 4 is 23.3 Å². The van der Waals surface area contributed by atoms with Gasteiger partial charge in [-0.3, -0.25) is 0 Å². The monoisotopic (exact) mass is 276 g/mol. The molecule has 100 valence electrons. The lowest BCUT2D eigenvalue weighted by Crippen LogP contribution is -2.09. The van der Waals surface area contributed by atoms with Crippen molar-refractivity contribution in [2.45, 2.75) is 13.3 Å². The lowest BCUT2D eigenvalue weighted by molar-refractivity contribution is 0.294. The van der Waals surface area contributed by atoms with Gasteiger partial charge in [-0.25, -0.2) is 0 Å². The maximum atomic E-state index is 8.93. The fraction of sp³-hybridized carbons (Fsp3) is 0.286. The van der Waals surface area contributed by atoms with Crippen molar-refractivity contribution in [1.29, 1.82) is 5.26 Å². The van der Waals surface area contributed by atoms with Crippen molar-refractivity contribution in [3.63, 3.8) is 0 Å². The smallest absolute Gasteiger partial charge is 0.161 e. The summed E-state index contributed by atoms with van der Waals surface area (Å²) in [5.74, 6) is 1.29. The van der Waals surface area contributed by atoms with E-state index in [1.807, 2.05) is 19.1 Å². The third-order valence-electron chi connectivity index (χ3n) is 2.35. The lowest BCUT2D eigenvalue weighted by Gasteiger charge is -2.10. The Morgan fingerprint density at radius 1 is 1.47 bits per heavy atom. The molecule has 0 aliphatic carbocycles. The zero-order chi connectivity index (χ0) is 14.3. The average Bonchev–Trinajstić information content (AvgIpc) is 2.42. The molecule has 5 heteroatoms. The van der Waals surface area contributed by atoms with Gasteiger partial charge in [0.1, 0.15) is 11.1 Å². The molecule has 0 heterocycles. The Hall–Kier alpha value is -2.06. The first-order valence-electron chi connectivity index (χ1n) is 5.84. The van der Waals surface area contributed by atoms with Crippen LogP contribution >= 0.6 is 12.2 Å². The van der Waals surface area contributed by atoms with Crippen LogP contribution in [0.5, 0.6) is 11.5 Å². The van der Waals surface area contributed by atoms with Gasteiger partial charge in [0, 0.05) is 0 Å². The number of nitrogens with two attached hydrogens (primary N) is 1. The van der Waals surface area contributed by atoms with Crippen LogP contribution in [0.25, 0.3) is 6.08 Å². The van der Waals surface area contributed by atoms with Crippen LogP contribution in [0, 0.1) is 11.3 Å². The van der Waals surface area contributed by atoms with Gasteiger partial charge in [-0.1, -0.05) is 25.2 Å². The fourth-order valence-corrected chi connectivity index (χ4v) is 1.54. The molecule has 0 aliphatic rings.